The number of hydrogen-bond donors (Lipinski definition) is 1. The second-order valence-corrected chi connectivity index (χ2v) is 3.60. The second kappa shape index (κ2) is 4.67. The van der Waals surface area contributed by atoms with Crippen molar-refractivity contribution >= 4 is 11.9 Å². The molecular weight excluding hydrogens is 255 g/mol. The summed E-state index contributed by atoms with van der Waals surface area (Å²) in [4.78, 5) is 22.1. The molecule has 0 aliphatic heterocycles. The summed E-state index contributed by atoms with van der Waals surface area (Å²) in [6.07, 6.45) is -2.79. The summed E-state index contributed by atoms with van der Waals surface area (Å²) < 4.78 is 38.0. The maximum Gasteiger partial charge on any atom is 0.471 e. The molecule has 1 aromatic heterocycles. The predicted molar refractivity (Wildman–Crippen MR) is 52.4 cm³/mol. The van der Waals surface area contributed by atoms with E-state index in [2.05, 4.69) is 5.10 Å². The molecular formula is C9H10F3N3O3. The predicted octanol–water partition coefficient (Wildman–Crippen LogP) is 0.567. The van der Waals surface area contributed by atoms with Gasteiger partial charge in [-0.1, -0.05) is 0 Å². The Balaban J connectivity index is 3.07. The minimum Gasteiger partial charge on any atom is -0.479 e. The van der Waals surface area contributed by atoms with Crippen LogP contribution in [0.2, 0.25) is 0 Å². The number of rotatable bonds is 3. The summed E-state index contributed by atoms with van der Waals surface area (Å²) in [5.74, 6) is -3.79. The highest BCUT2D eigenvalue weighted by Gasteiger charge is 2.45. The van der Waals surface area contributed by atoms with Gasteiger partial charge in [0.1, 0.15) is 0 Å². The van der Waals surface area contributed by atoms with E-state index in [1.807, 2.05) is 0 Å². The number of aliphatic carboxylic acids is 1. The molecule has 1 aromatic rings. The highest BCUT2D eigenvalue weighted by molar-refractivity contribution is 5.87. The van der Waals surface area contributed by atoms with E-state index in [1.54, 1.807) is 0 Å². The van der Waals surface area contributed by atoms with Gasteiger partial charge in [0, 0.05) is 25.9 Å². The van der Waals surface area contributed by atoms with E-state index in [9.17, 15) is 22.8 Å². The van der Waals surface area contributed by atoms with Crippen LogP contribution in [0.4, 0.5) is 13.2 Å². The average molecular weight is 265 g/mol. The molecule has 18 heavy (non-hydrogen) atoms. The third kappa shape index (κ3) is 2.79. The number of aromatic nitrogens is 2. The van der Waals surface area contributed by atoms with Gasteiger partial charge in [0.05, 0.1) is 6.20 Å². The topological polar surface area (TPSA) is 75.4 Å². The summed E-state index contributed by atoms with van der Waals surface area (Å²) in [5.41, 5.74) is -0.00917. The first kappa shape index (κ1) is 14.0. The van der Waals surface area contributed by atoms with Crippen LogP contribution in [0.5, 0.6) is 0 Å². The van der Waals surface area contributed by atoms with Crippen molar-refractivity contribution in [2.45, 2.75) is 12.2 Å². The molecule has 9 heteroatoms. The van der Waals surface area contributed by atoms with Crippen LogP contribution in [-0.2, 0) is 16.6 Å². The first-order chi connectivity index (χ1) is 8.14. The van der Waals surface area contributed by atoms with Gasteiger partial charge >= 0.3 is 18.1 Å². The highest BCUT2D eigenvalue weighted by atomic mass is 19.4. The average Bonchev–Trinajstić information content (AvgIpc) is 2.61. The Bertz CT molecular complexity index is 469. The Hall–Kier alpha value is -2.06. The van der Waals surface area contributed by atoms with Crippen LogP contribution in [0, 0.1) is 0 Å². The van der Waals surface area contributed by atoms with E-state index < -0.39 is 24.1 Å². The Morgan fingerprint density at radius 1 is 1.50 bits per heavy atom. The van der Waals surface area contributed by atoms with Crippen LogP contribution >= 0.6 is 0 Å². The second-order valence-electron chi connectivity index (χ2n) is 3.60. The van der Waals surface area contributed by atoms with E-state index in [1.165, 1.54) is 17.9 Å². The number of carboxylic acids is 1. The number of alkyl halides is 3. The molecule has 0 saturated heterocycles. The van der Waals surface area contributed by atoms with Crippen molar-refractivity contribution in [3.8, 4) is 0 Å². The normalized spacial score (nSPS) is 13.2. The number of hydrogen-bond acceptors (Lipinski definition) is 3. The first-order valence-electron chi connectivity index (χ1n) is 4.70. The number of nitrogens with zero attached hydrogens (tertiary/aromatic N) is 3. The number of halogens is 3. The third-order valence-electron chi connectivity index (χ3n) is 2.22. The molecule has 0 fully saturated rings. The van der Waals surface area contributed by atoms with Crippen LogP contribution in [0.3, 0.4) is 0 Å². The quantitative estimate of drug-likeness (QED) is 0.866. The molecule has 6 nitrogen and oxygen atoms in total. The lowest BCUT2D eigenvalue weighted by molar-refractivity contribution is -0.188. The third-order valence-corrected chi connectivity index (χ3v) is 2.22. The number of amides is 1. The molecule has 1 amide bonds. The number of carbonyl (C=O) groups is 2. The molecule has 1 heterocycles. The fourth-order valence-electron chi connectivity index (χ4n) is 1.43. The number of aryl methyl sites for hydroxylation is 1. The minimum absolute atomic E-state index is 0.00917. The minimum atomic E-state index is -5.12. The number of carboxylic acid groups (broad SMARTS) is 1. The lowest BCUT2D eigenvalue weighted by Crippen LogP contribution is -2.43. The summed E-state index contributed by atoms with van der Waals surface area (Å²) >= 11 is 0. The van der Waals surface area contributed by atoms with Gasteiger partial charge in [-0.05, 0) is 0 Å². The summed E-state index contributed by atoms with van der Waals surface area (Å²) in [6.45, 7) is 0. The van der Waals surface area contributed by atoms with E-state index in [0.29, 0.717) is 0 Å². The molecule has 1 atom stereocenters. The summed E-state index contributed by atoms with van der Waals surface area (Å²) in [6, 6.07) is -1.73. The number of likely N-dealkylation sites (N-methyl/N-ethyl adjacent to an activating group) is 1. The van der Waals surface area contributed by atoms with Crippen molar-refractivity contribution in [2.24, 2.45) is 7.05 Å². The van der Waals surface area contributed by atoms with Crippen LogP contribution in [0.1, 0.15) is 11.6 Å². The standard InChI is InChI=1S/C9H10F3N3O3/c1-14-4-5(3-13-14)6(7(16)17)15(2)8(18)9(10,11)12/h3-4,6H,1-2H3,(H,16,17). The first-order valence-corrected chi connectivity index (χ1v) is 4.70. The van der Waals surface area contributed by atoms with Gasteiger partial charge in [0.15, 0.2) is 6.04 Å². The van der Waals surface area contributed by atoms with Crippen LogP contribution < -0.4 is 0 Å². The maximum atomic E-state index is 12.2. The van der Waals surface area contributed by atoms with E-state index >= 15 is 0 Å². The molecule has 1 N–H and O–H groups in total. The summed E-state index contributed by atoms with van der Waals surface area (Å²) in [5, 5.41) is 12.6. The molecule has 0 spiro atoms. The maximum absolute atomic E-state index is 12.2. The Morgan fingerprint density at radius 2 is 2.06 bits per heavy atom. The molecule has 0 aliphatic rings. The van der Waals surface area contributed by atoms with Crippen LogP contribution in [0.25, 0.3) is 0 Å². The molecule has 0 aromatic carbocycles. The van der Waals surface area contributed by atoms with Gasteiger partial charge in [-0.25, -0.2) is 4.79 Å². The zero-order valence-electron chi connectivity index (χ0n) is 9.47. The molecule has 0 radical (unpaired) electrons. The van der Waals surface area contributed by atoms with Crippen molar-refractivity contribution in [3.63, 3.8) is 0 Å². The summed E-state index contributed by atoms with van der Waals surface area (Å²) in [7, 11) is 2.26. The van der Waals surface area contributed by atoms with E-state index in [4.69, 9.17) is 5.11 Å². The lowest BCUT2D eigenvalue weighted by Gasteiger charge is -2.24. The van der Waals surface area contributed by atoms with Crippen molar-refractivity contribution < 1.29 is 27.9 Å². The highest BCUT2D eigenvalue weighted by Crippen LogP contribution is 2.25. The van der Waals surface area contributed by atoms with Gasteiger partial charge < -0.3 is 10.0 Å². The van der Waals surface area contributed by atoms with Crippen molar-refractivity contribution in [1.29, 1.82) is 0 Å². The van der Waals surface area contributed by atoms with Gasteiger partial charge in [-0.2, -0.15) is 18.3 Å². The Morgan fingerprint density at radius 3 is 2.39 bits per heavy atom. The van der Waals surface area contributed by atoms with Gasteiger partial charge in [-0.3, -0.25) is 9.48 Å². The van der Waals surface area contributed by atoms with Crippen LogP contribution in [0.15, 0.2) is 12.4 Å². The molecule has 1 unspecified atom stereocenters. The van der Waals surface area contributed by atoms with Crippen molar-refractivity contribution in [1.82, 2.24) is 14.7 Å². The van der Waals surface area contributed by atoms with Gasteiger partial charge in [0.2, 0.25) is 0 Å². The smallest absolute Gasteiger partial charge is 0.471 e. The van der Waals surface area contributed by atoms with Crippen molar-refractivity contribution in [3.05, 3.63) is 18.0 Å². The molecule has 1 rings (SSSR count). The molecule has 0 bridgehead atoms. The zero-order chi connectivity index (χ0) is 14.1. The zero-order valence-corrected chi connectivity index (χ0v) is 9.47. The van der Waals surface area contributed by atoms with Crippen molar-refractivity contribution in [2.75, 3.05) is 7.05 Å². The Kier molecular flexibility index (Phi) is 3.63. The van der Waals surface area contributed by atoms with E-state index in [0.717, 1.165) is 13.2 Å². The fourth-order valence-corrected chi connectivity index (χ4v) is 1.43. The fraction of sp³-hybridized carbons (Fsp3) is 0.444. The molecule has 100 valence electrons. The molecule has 0 aliphatic carbocycles. The largest absolute Gasteiger partial charge is 0.479 e. The monoisotopic (exact) mass is 265 g/mol. The SMILES string of the molecule is CN(C(=O)C(F)(F)F)C(C(=O)O)c1cnn(C)c1. The van der Waals surface area contributed by atoms with Crippen LogP contribution in [-0.4, -0.2) is 44.9 Å². The van der Waals surface area contributed by atoms with Gasteiger partial charge in [0.25, 0.3) is 0 Å². The van der Waals surface area contributed by atoms with Gasteiger partial charge in [-0.15, -0.1) is 0 Å². The van der Waals surface area contributed by atoms with E-state index in [-0.39, 0.29) is 10.5 Å². The molecule has 0 saturated carbocycles. The number of carbonyl (C=O) groups excluding carboxylic acids is 1. The Labute approximate surface area is 99.6 Å². The lowest BCUT2D eigenvalue weighted by atomic mass is 10.1.